The molecule has 1 unspecified atom stereocenters. The molecule has 1 amide bonds. The summed E-state index contributed by atoms with van der Waals surface area (Å²) in [5, 5.41) is 3.81. The maximum Gasteiger partial charge on any atom is 0.263 e. The average Bonchev–Trinajstić information content (AvgIpc) is 2.50. The van der Waals surface area contributed by atoms with Gasteiger partial charge < -0.3 is 5.73 Å². The minimum Gasteiger partial charge on any atom is -0.315 e. The lowest BCUT2D eigenvalue weighted by molar-refractivity contribution is -0.120. The zero-order valence-corrected chi connectivity index (χ0v) is 7.56. The van der Waals surface area contributed by atoms with E-state index in [-0.39, 0.29) is 5.91 Å². The van der Waals surface area contributed by atoms with E-state index in [4.69, 9.17) is 5.73 Å². The monoisotopic (exact) mass is 191 g/mol. The van der Waals surface area contributed by atoms with E-state index >= 15 is 0 Å². The molecule has 1 aromatic heterocycles. The summed E-state index contributed by atoms with van der Waals surface area (Å²) in [5.74, 6) is 0.362. The van der Waals surface area contributed by atoms with Crippen molar-refractivity contribution in [2.24, 2.45) is 10.8 Å². The Bertz CT molecular complexity index is 397. The molecule has 1 aromatic rings. The molecule has 1 atom stereocenters. The van der Waals surface area contributed by atoms with Crippen molar-refractivity contribution < 1.29 is 4.79 Å². The van der Waals surface area contributed by atoms with Gasteiger partial charge in [-0.25, -0.2) is 15.4 Å². The van der Waals surface area contributed by atoms with Crippen molar-refractivity contribution in [2.75, 3.05) is 0 Å². The van der Waals surface area contributed by atoms with Crippen LogP contribution in [0.15, 0.2) is 17.5 Å². The van der Waals surface area contributed by atoms with E-state index in [1.807, 2.05) is 0 Å². The maximum atomic E-state index is 11.0. The molecule has 0 radical (unpaired) electrons. The standard InChI is InChI=1S/C8H9N5O/c1-4-10-2-5(3-11-4)7-6(9)8(14)13-12-7/h2-3,6H,9H2,1H3,(H,13,14). The molecular weight excluding hydrogens is 182 g/mol. The number of nitrogens with zero attached hydrogens (tertiary/aromatic N) is 3. The van der Waals surface area contributed by atoms with Crippen molar-refractivity contribution in [2.45, 2.75) is 13.0 Å². The van der Waals surface area contributed by atoms with Gasteiger partial charge >= 0.3 is 0 Å². The first-order valence-corrected chi connectivity index (χ1v) is 4.10. The van der Waals surface area contributed by atoms with E-state index in [2.05, 4.69) is 20.5 Å². The molecule has 0 spiro atoms. The second-order valence-corrected chi connectivity index (χ2v) is 2.97. The molecule has 6 heteroatoms. The summed E-state index contributed by atoms with van der Waals surface area (Å²) in [6.45, 7) is 1.78. The summed E-state index contributed by atoms with van der Waals surface area (Å²) in [6.07, 6.45) is 3.20. The molecule has 0 saturated heterocycles. The number of hydrogen-bond acceptors (Lipinski definition) is 5. The van der Waals surface area contributed by atoms with Crippen molar-refractivity contribution in [3.63, 3.8) is 0 Å². The number of hydrogen-bond donors (Lipinski definition) is 2. The Hall–Kier alpha value is -1.82. The number of carbonyl (C=O) groups is 1. The highest BCUT2D eigenvalue weighted by atomic mass is 16.2. The van der Waals surface area contributed by atoms with Crippen LogP contribution in [-0.4, -0.2) is 27.6 Å². The van der Waals surface area contributed by atoms with Gasteiger partial charge in [-0.05, 0) is 6.92 Å². The molecule has 1 aliphatic heterocycles. The van der Waals surface area contributed by atoms with Gasteiger partial charge in [0.2, 0.25) is 0 Å². The predicted molar refractivity (Wildman–Crippen MR) is 49.4 cm³/mol. The Morgan fingerprint density at radius 3 is 2.57 bits per heavy atom. The Morgan fingerprint density at radius 1 is 1.43 bits per heavy atom. The van der Waals surface area contributed by atoms with E-state index in [1.54, 1.807) is 19.3 Å². The van der Waals surface area contributed by atoms with Crippen LogP contribution >= 0.6 is 0 Å². The molecule has 0 saturated carbocycles. The van der Waals surface area contributed by atoms with E-state index in [0.29, 0.717) is 17.1 Å². The van der Waals surface area contributed by atoms with Gasteiger partial charge in [-0.15, -0.1) is 0 Å². The zero-order valence-electron chi connectivity index (χ0n) is 7.56. The van der Waals surface area contributed by atoms with E-state index < -0.39 is 6.04 Å². The smallest absolute Gasteiger partial charge is 0.263 e. The predicted octanol–water partition coefficient (Wildman–Crippen LogP) is -1.05. The molecule has 14 heavy (non-hydrogen) atoms. The van der Waals surface area contributed by atoms with Crippen molar-refractivity contribution in [1.82, 2.24) is 15.4 Å². The van der Waals surface area contributed by atoms with Gasteiger partial charge in [0.05, 0.1) is 5.71 Å². The first-order chi connectivity index (χ1) is 6.68. The Labute approximate surface area is 80.2 Å². The lowest BCUT2D eigenvalue weighted by Crippen LogP contribution is -2.37. The fraction of sp³-hybridized carbons (Fsp3) is 0.250. The molecule has 2 heterocycles. The zero-order chi connectivity index (χ0) is 10.1. The number of amides is 1. The molecular formula is C8H9N5O. The average molecular weight is 191 g/mol. The van der Waals surface area contributed by atoms with Crippen LogP contribution in [0.5, 0.6) is 0 Å². The number of hydrazone groups is 1. The summed E-state index contributed by atoms with van der Waals surface area (Å²) in [4.78, 5) is 19.0. The molecule has 0 aromatic carbocycles. The highest BCUT2D eigenvalue weighted by molar-refractivity contribution is 6.19. The maximum absolute atomic E-state index is 11.0. The Kier molecular flexibility index (Phi) is 1.97. The molecule has 1 aliphatic rings. The molecule has 0 aliphatic carbocycles. The minimum atomic E-state index is -0.721. The van der Waals surface area contributed by atoms with Crippen LogP contribution in [0.1, 0.15) is 11.4 Å². The molecule has 3 N–H and O–H groups in total. The molecule has 72 valence electrons. The second-order valence-electron chi connectivity index (χ2n) is 2.97. The Balaban J connectivity index is 2.33. The molecule has 6 nitrogen and oxygen atoms in total. The summed E-state index contributed by atoms with van der Waals surface area (Å²) in [7, 11) is 0. The molecule has 0 fully saturated rings. The lowest BCUT2D eigenvalue weighted by Gasteiger charge is -2.02. The number of aryl methyl sites for hydroxylation is 1. The van der Waals surface area contributed by atoms with Gasteiger partial charge in [0, 0.05) is 18.0 Å². The third kappa shape index (κ3) is 1.35. The van der Waals surface area contributed by atoms with Crippen LogP contribution in [0.3, 0.4) is 0 Å². The fourth-order valence-electron chi connectivity index (χ4n) is 1.15. The number of nitrogens with one attached hydrogen (secondary N) is 1. The second kappa shape index (κ2) is 3.15. The summed E-state index contributed by atoms with van der Waals surface area (Å²) >= 11 is 0. The van der Waals surface area contributed by atoms with E-state index in [0.717, 1.165) is 0 Å². The Morgan fingerprint density at radius 2 is 2.07 bits per heavy atom. The summed E-state index contributed by atoms with van der Waals surface area (Å²) < 4.78 is 0. The van der Waals surface area contributed by atoms with Gasteiger partial charge in [-0.1, -0.05) is 0 Å². The number of nitrogens with two attached hydrogens (primary N) is 1. The topological polar surface area (TPSA) is 93.3 Å². The third-order valence-corrected chi connectivity index (χ3v) is 1.94. The largest absolute Gasteiger partial charge is 0.315 e. The summed E-state index contributed by atoms with van der Waals surface area (Å²) in [5.41, 5.74) is 9.04. The van der Waals surface area contributed by atoms with Gasteiger partial charge in [0.15, 0.2) is 0 Å². The van der Waals surface area contributed by atoms with Crippen molar-refractivity contribution in [3.8, 4) is 0 Å². The highest BCUT2D eigenvalue weighted by Gasteiger charge is 2.27. The van der Waals surface area contributed by atoms with E-state index in [1.165, 1.54) is 0 Å². The van der Waals surface area contributed by atoms with Gasteiger partial charge in [0.1, 0.15) is 11.9 Å². The SMILES string of the molecule is Cc1ncc(C2=NNC(=O)C2N)cn1. The first kappa shape index (κ1) is 8.76. The highest BCUT2D eigenvalue weighted by Crippen LogP contribution is 2.05. The van der Waals surface area contributed by atoms with Crippen LogP contribution in [0.25, 0.3) is 0 Å². The third-order valence-electron chi connectivity index (χ3n) is 1.94. The number of carbonyl (C=O) groups excluding carboxylic acids is 1. The molecule has 2 rings (SSSR count). The van der Waals surface area contributed by atoms with Crippen LogP contribution in [0.4, 0.5) is 0 Å². The van der Waals surface area contributed by atoms with Crippen molar-refractivity contribution in [1.29, 1.82) is 0 Å². The lowest BCUT2D eigenvalue weighted by atomic mass is 10.1. The fourth-order valence-corrected chi connectivity index (χ4v) is 1.15. The van der Waals surface area contributed by atoms with Crippen molar-refractivity contribution >= 4 is 11.6 Å². The minimum absolute atomic E-state index is 0.305. The first-order valence-electron chi connectivity index (χ1n) is 4.10. The van der Waals surface area contributed by atoms with Gasteiger partial charge in [-0.3, -0.25) is 4.79 Å². The summed E-state index contributed by atoms with van der Waals surface area (Å²) in [6, 6.07) is -0.721. The number of rotatable bonds is 1. The van der Waals surface area contributed by atoms with Crippen LogP contribution in [-0.2, 0) is 4.79 Å². The quantitative estimate of drug-likeness (QED) is 0.592. The normalized spacial score (nSPS) is 20.6. The van der Waals surface area contributed by atoms with E-state index in [9.17, 15) is 4.79 Å². The van der Waals surface area contributed by atoms with Crippen LogP contribution < -0.4 is 11.2 Å². The van der Waals surface area contributed by atoms with Crippen molar-refractivity contribution in [3.05, 3.63) is 23.8 Å². The van der Waals surface area contributed by atoms with Gasteiger partial charge in [0.25, 0.3) is 5.91 Å². The molecule has 0 bridgehead atoms. The van der Waals surface area contributed by atoms with Gasteiger partial charge in [-0.2, -0.15) is 5.10 Å². The van der Waals surface area contributed by atoms with Crippen LogP contribution in [0, 0.1) is 6.92 Å². The number of aromatic nitrogens is 2. The van der Waals surface area contributed by atoms with Crippen LogP contribution in [0.2, 0.25) is 0 Å².